The van der Waals surface area contributed by atoms with Gasteiger partial charge in [-0.2, -0.15) is 0 Å². The molecule has 7 nitrogen and oxygen atoms in total. The number of fused-ring (bicyclic) bond motifs is 1. The predicted molar refractivity (Wildman–Crippen MR) is 132 cm³/mol. The van der Waals surface area contributed by atoms with Crippen molar-refractivity contribution < 1.29 is 14.3 Å². The van der Waals surface area contributed by atoms with E-state index in [4.69, 9.17) is 4.74 Å². The smallest absolute Gasteiger partial charge is 0.244 e. The molecule has 4 aromatic rings. The molecule has 0 atom stereocenters. The largest absolute Gasteiger partial charge is 0.496 e. The molecule has 0 aliphatic heterocycles. The van der Waals surface area contributed by atoms with Gasteiger partial charge in [0.1, 0.15) is 17.9 Å². The summed E-state index contributed by atoms with van der Waals surface area (Å²) in [4.78, 5) is 44.1. The Bertz CT molecular complexity index is 1490. The fourth-order valence-corrected chi connectivity index (χ4v) is 3.85. The molecule has 0 bridgehead atoms. The maximum absolute atomic E-state index is 13.4. The third-order valence-electron chi connectivity index (χ3n) is 5.85. The van der Waals surface area contributed by atoms with Crippen LogP contribution in [0.2, 0.25) is 0 Å². The molecule has 0 saturated carbocycles. The minimum absolute atomic E-state index is 0.0535. The zero-order valence-corrected chi connectivity index (χ0v) is 19.5. The van der Waals surface area contributed by atoms with Crippen LogP contribution in [0, 0.1) is 20.8 Å². The van der Waals surface area contributed by atoms with Crippen molar-refractivity contribution in [3.05, 3.63) is 99.0 Å². The van der Waals surface area contributed by atoms with Crippen LogP contribution in [0.3, 0.4) is 0 Å². The molecule has 2 aromatic heterocycles. The molecule has 0 aliphatic rings. The minimum Gasteiger partial charge on any atom is -0.496 e. The van der Waals surface area contributed by atoms with Crippen molar-refractivity contribution in [2.45, 2.75) is 27.3 Å². The Balaban J connectivity index is 1.79. The highest BCUT2D eigenvalue weighted by atomic mass is 16.5. The summed E-state index contributed by atoms with van der Waals surface area (Å²) in [6, 6.07) is 15.8. The molecular weight excluding hydrogens is 430 g/mol. The van der Waals surface area contributed by atoms with Gasteiger partial charge in [-0.15, -0.1) is 0 Å². The second-order valence-electron chi connectivity index (χ2n) is 8.15. The molecular formula is C27H25N3O4. The SMILES string of the molecule is COc1ccccc1C(=O)c1cn(CC(=O)Nc2cccc(C)c2C)c2nc(C)ccc2c1=O. The van der Waals surface area contributed by atoms with E-state index in [9.17, 15) is 14.4 Å². The number of aromatic nitrogens is 2. The number of rotatable bonds is 6. The average Bonchev–Trinajstić information content (AvgIpc) is 2.83. The number of hydrogen-bond acceptors (Lipinski definition) is 5. The minimum atomic E-state index is -0.478. The van der Waals surface area contributed by atoms with Gasteiger partial charge in [-0.3, -0.25) is 14.4 Å². The summed E-state index contributed by atoms with van der Waals surface area (Å²) in [6.45, 7) is 5.60. The summed E-state index contributed by atoms with van der Waals surface area (Å²) in [5.74, 6) is -0.403. The Kier molecular flexibility index (Phi) is 6.27. The maximum atomic E-state index is 13.4. The third-order valence-corrected chi connectivity index (χ3v) is 5.85. The molecule has 0 radical (unpaired) electrons. The van der Waals surface area contributed by atoms with E-state index < -0.39 is 11.2 Å². The number of hydrogen-bond donors (Lipinski definition) is 1. The molecule has 0 fully saturated rings. The number of nitrogens with zero attached hydrogens (tertiary/aromatic N) is 2. The molecule has 2 heterocycles. The molecule has 2 aromatic carbocycles. The van der Waals surface area contributed by atoms with E-state index >= 15 is 0 Å². The normalized spacial score (nSPS) is 10.8. The summed E-state index contributed by atoms with van der Waals surface area (Å²) in [6.07, 6.45) is 1.41. The maximum Gasteiger partial charge on any atom is 0.244 e. The summed E-state index contributed by atoms with van der Waals surface area (Å²) in [7, 11) is 1.47. The number of anilines is 1. The number of pyridine rings is 2. The number of amides is 1. The molecule has 34 heavy (non-hydrogen) atoms. The van der Waals surface area contributed by atoms with E-state index in [1.807, 2.05) is 32.0 Å². The number of para-hydroxylation sites is 1. The first-order valence-corrected chi connectivity index (χ1v) is 10.8. The van der Waals surface area contributed by atoms with Gasteiger partial charge in [0.25, 0.3) is 0 Å². The second kappa shape index (κ2) is 9.31. The first kappa shape index (κ1) is 22.9. The van der Waals surface area contributed by atoms with Crippen molar-refractivity contribution in [2.75, 3.05) is 12.4 Å². The molecule has 172 valence electrons. The van der Waals surface area contributed by atoms with Crippen LogP contribution in [0.25, 0.3) is 11.0 Å². The first-order chi connectivity index (χ1) is 16.3. The number of benzene rings is 2. The van der Waals surface area contributed by atoms with Gasteiger partial charge in [0, 0.05) is 17.6 Å². The van der Waals surface area contributed by atoms with Gasteiger partial charge in [0.05, 0.1) is 23.6 Å². The number of ether oxygens (including phenoxy) is 1. The van der Waals surface area contributed by atoms with Crippen LogP contribution >= 0.6 is 0 Å². The number of carbonyl (C=O) groups is 2. The van der Waals surface area contributed by atoms with Crippen molar-refractivity contribution in [1.29, 1.82) is 0 Å². The van der Waals surface area contributed by atoms with Gasteiger partial charge in [0.2, 0.25) is 17.1 Å². The lowest BCUT2D eigenvalue weighted by molar-refractivity contribution is -0.116. The molecule has 0 unspecified atom stereocenters. The first-order valence-electron chi connectivity index (χ1n) is 10.8. The monoisotopic (exact) mass is 455 g/mol. The van der Waals surface area contributed by atoms with E-state index in [-0.39, 0.29) is 29.0 Å². The van der Waals surface area contributed by atoms with Crippen LogP contribution in [0.15, 0.2) is 65.6 Å². The Morgan fingerprint density at radius 3 is 2.50 bits per heavy atom. The molecule has 0 saturated heterocycles. The molecule has 0 aliphatic carbocycles. The van der Waals surface area contributed by atoms with Gasteiger partial charge in [-0.25, -0.2) is 4.98 Å². The summed E-state index contributed by atoms with van der Waals surface area (Å²) in [5, 5.41) is 3.19. The lowest BCUT2D eigenvalue weighted by Crippen LogP contribution is -2.25. The molecule has 4 rings (SSSR count). The van der Waals surface area contributed by atoms with Crippen molar-refractivity contribution in [3.8, 4) is 5.75 Å². The van der Waals surface area contributed by atoms with Crippen LogP contribution in [-0.4, -0.2) is 28.4 Å². The summed E-state index contributed by atoms with van der Waals surface area (Å²) < 4.78 is 6.86. The molecule has 1 N–H and O–H groups in total. The van der Waals surface area contributed by atoms with E-state index in [1.165, 1.54) is 13.3 Å². The molecule has 1 amide bonds. The summed E-state index contributed by atoms with van der Waals surface area (Å²) >= 11 is 0. The fourth-order valence-electron chi connectivity index (χ4n) is 3.85. The Morgan fingerprint density at radius 1 is 0.971 bits per heavy atom. The van der Waals surface area contributed by atoms with Gasteiger partial charge in [-0.05, 0) is 62.2 Å². The number of carbonyl (C=O) groups excluding carboxylic acids is 2. The van der Waals surface area contributed by atoms with Gasteiger partial charge < -0.3 is 14.6 Å². The van der Waals surface area contributed by atoms with Crippen molar-refractivity contribution in [3.63, 3.8) is 0 Å². The Hall–Kier alpha value is -4.26. The lowest BCUT2D eigenvalue weighted by Gasteiger charge is -2.15. The van der Waals surface area contributed by atoms with Crippen LogP contribution in [0.4, 0.5) is 5.69 Å². The standard InChI is InChI=1S/C27H25N3O4/c1-16-8-7-10-22(18(16)3)29-24(31)15-30-14-21(25(32)19-9-5-6-11-23(19)34-4)26(33)20-13-12-17(2)28-27(20)30/h5-14H,15H2,1-4H3,(H,29,31). The van der Waals surface area contributed by atoms with Crippen LogP contribution in [-0.2, 0) is 11.3 Å². The highest BCUT2D eigenvalue weighted by Gasteiger charge is 2.21. The number of aryl methyl sites for hydroxylation is 2. The van der Waals surface area contributed by atoms with Gasteiger partial charge in [0.15, 0.2) is 0 Å². The Labute approximate surface area is 197 Å². The van der Waals surface area contributed by atoms with Crippen molar-refractivity contribution >= 4 is 28.4 Å². The van der Waals surface area contributed by atoms with E-state index in [2.05, 4.69) is 10.3 Å². The van der Waals surface area contributed by atoms with E-state index in [1.54, 1.807) is 47.9 Å². The molecule has 0 spiro atoms. The Morgan fingerprint density at radius 2 is 1.74 bits per heavy atom. The number of methoxy groups -OCH3 is 1. The zero-order valence-electron chi connectivity index (χ0n) is 19.5. The average molecular weight is 456 g/mol. The summed E-state index contributed by atoms with van der Waals surface area (Å²) in [5.41, 5.74) is 3.57. The van der Waals surface area contributed by atoms with E-state index in [0.29, 0.717) is 22.8 Å². The number of nitrogens with one attached hydrogen (secondary N) is 1. The lowest BCUT2D eigenvalue weighted by atomic mass is 10.0. The van der Waals surface area contributed by atoms with Gasteiger partial charge in [-0.1, -0.05) is 24.3 Å². The van der Waals surface area contributed by atoms with Crippen molar-refractivity contribution in [2.24, 2.45) is 0 Å². The topological polar surface area (TPSA) is 90.3 Å². The highest BCUT2D eigenvalue weighted by Crippen LogP contribution is 2.22. The second-order valence-corrected chi connectivity index (χ2v) is 8.15. The highest BCUT2D eigenvalue weighted by molar-refractivity contribution is 6.11. The molecule has 7 heteroatoms. The quantitative estimate of drug-likeness (QED) is 0.440. The van der Waals surface area contributed by atoms with Crippen molar-refractivity contribution in [1.82, 2.24) is 9.55 Å². The van der Waals surface area contributed by atoms with Gasteiger partial charge >= 0.3 is 0 Å². The predicted octanol–water partition coefficient (Wildman–Crippen LogP) is 4.20. The fraction of sp³-hybridized carbons (Fsp3) is 0.185. The zero-order chi connectivity index (χ0) is 24.4. The third kappa shape index (κ3) is 4.32. The number of ketones is 1. The van der Waals surface area contributed by atoms with Crippen LogP contribution < -0.4 is 15.5 Å². The van der Waals surface area contributed by atoms with E-state index in [0.717, 1.165) is 11.1 Å². The van der Waals surface area contributed by atoms with Crippen LogP contribution in [0.5, 0.6) is 5.75 Å². The van der Waals surface area contributed by atoms with Crippen LogP contribution in [0.1, 0.15) is 32.7 Å².